The second-order valence-electron chi connectivity index (χ2n) is 7.64. The van der Waals surface area contributed by atoms with Crippen LogP contribution in [0.15, 0.2) is 36.7 Å². The summed E-state index contributed by atoms with van der Waals surface area (Å²) in [6.45, 7) is 2.03. The summed E-state index contributed by atoms with van der Waals surface area (Å²) in [5, 5.41) is 5.25. The highest BCUT2D eigenvalue weighted by molar-refractivity contribution is 6.10. The van der Waals surface area contributed by atoms with E-state index >= 15 is 0 Å². The molecule has 4 rings (SSSR count). The van der Waals surface area contributed by atoms with E-state index in [4.69, 9.17) is 5.73 Å². The maximum atomic E-state index is 15.0. The molecule has 11 heteroatoms. The molecule has 4 aromatic rings. The smallest absolute Gasteiger partial charge is 0.383 e. The first kappa shape index (κ1) is 22.4. The zero-order valence-electron chi connectivity index (χ0n) is 17.8. The molecule has 0 unspecified atom stereocenters. The molecular weight excluding hydrogens is 440 g/mol. The van der Waals surface area contributed by atoms with Crippen LogP contribution in [0, 0.1) is 5.82 Å². The highest BCUT2D eigenvalue weighted by Crippen LogP contribution is 2.30. The molecule has 0 atom stereocenters. The number of fused-ring (bicyclic) bond motifs is 3. The summed E-state index contributed by atoms with van der Waals surface area (Å²) in [5.41, 5.74) is 6.04. The third-order valence-electron chi connectivity index (χ3n) is 5.31. The van der Waals surface area contributed by atoms with E-state index in [-0.39, 0.29) is 35.7 Å². The molecule has 1 amide bonds. The maximum absolute atomic E-state index is 15.0. The van der Waals surface area contributed by atoms with Crippen LogP contribution in [0.25, 0.3) is 21.8 Å². The van der Waals surface area contributed by atoms with Crippen molar-refractivity contribution in [2.24, 2.45) is 7.05 Å². The maximum Gasteiger partial charge on any atom is 0.417 e. The van der Waals surface area contributed by atoms with Gasteiger partial charge >= 0.3 is 6.18 Å². The van der Waals surface area contributed by atoms with Gasteiger partial charge in [-0.05, 0) is 24.6 Å². The Labute approximate surface area is 185 Å². The Balaban J connectivity index is 1.73. The van der Waals surface area contributed by atoms with Gasteiger partial charge in [0.2, 0.25) is 0 Å². The number of nitrogens with two attached hydrogens (primary N) is 1. The van der Waals surface area contributed by atoms with Crippen LogP contribution in [-0.2, 0) is 19.8 Å². The van der Waals surface area contributed by atoms with Crippen molar-refractivity contribution in [3.05, 3.63) is 59.3 Å². The molecule has 0 saturated carbocycles. The first-order valence-corrected chi connectivity index (χ1v) is 10.1. The molecule has 0 bridgehead atoms. The number of nitrogen functional groups attached to an aromatic ring is 1. The number of carbonyl (C=O) groups is 1. The second kappa shape index (κ2) is 8.30. The average molecular weight is 460 g/mol. The Morgan fingerprint density at radius 2 is 1.94 bits per heavy atom. The molecule has 0 aliphatic heterocycles. The third kappa shape index (κ3) is 4.18. The van der Waals surface area contributed by atoms with Crippen LogP contribution in [-0.4, -0.2) is 37.1 Å². The summed E-state index contributed by atoms with van der Waals surface area (Å²) < 4.78 is 54.9. The molecule has 1 aromatic carbocycles. The van der Waals surface area contributed by atoms with Gasteiger partial charge < -0.3 is 10.6 Å². The highest BCUT2D eigenvalue weighted by Gasteiger charge is 2.31. The van der Waals surface area contributed by atoms with E-state index in [1.54, 1.807) is 17.9 Å². The van der Waals surface area contributed by atoms with E-state index in [9.17, 15) is 22.4 Å². The minimum absolute atomic E-state index is 0.0661. The van der Waals surface area contributed by atoms with Crippen molar-refractivity contribution in [3.8, 4) is 0 Å². The Morgan fingerprint density at radius 1 is 1.18 bits per heavy atom. The van der Waals surface area contributed by atoms with Crippen LogP contribution in [0.5, 0.6) is 0 Å². The molecule has 0 aliphatic carbocycles. The zero-order valence-corrected chi connectivity index (χ0v) is 17.8. The third-order valence-corrected chi connectivity index (χ3v) is 5.31. The number of carbonyl (C=O) groups excluding carboxylic acids is 1. The Bertz CT molecular complexity index is 1350. The molecule has 0 saturated heterocycles. The summed E-state index contributed by atoms with van der Waals surface area (Å²) in [5.74, 6) is -1.18. The molecule has 0 aliphatic rings. The molecular formula is C22H20F4N6O. The lowest BCUT2D eigenvalue weighted by Gasteiger charge is -2.22. The van der Waals surface area contributed by atoms with Gasteiger partial charge in [0.1, 0.15) is 11.6 Å². The molecule has 0 radical (unpaired) electrons. The lowest BCUT2D eigenvalue weighted by Crippen LogP contribution is -2.32. The molecule has 3 aromatic heterocycles. The van der Waals surface area contributed by atoms with Crippen molar-refractivity contribution in [1.29, 1.82) is 0 Å². The molecule has 33 heavy (non-hydrogen) atoms. The number of pyridine rings is 2. The molecule has 0 spiro atoms. The summed E-state index contributed by atoms with van der Waals surface area (Å²) in [7, 11) is 1.70. The number of anilines is 1. The first-order chi connectivity index (χ1) is 15.6. The van der Waals surface area contributed by atoms with Crippen molar-refractivity contribution in [3.63, 3.8) is 0 Å². The predicted octanol–water partition coefficient (Wildman–Crippen LogP) is 4.31. The quantitative estimate of drug-likeness (QED) is 0.449. The van der Waals surface area contributed by atoms with Crippen molar-refractivity contribution in [2.75, 3.05) is 12.3 Å². The van der Waals surface area contributed by atoms with Gasteiger partial charge in [-0.25, -0.2) is 9.37 Å². The van der Waals surface area contributed by atoms with Gasteiger partial charge in [-0.1, -0.05) is 6.92 Å². The standard InChI is InChI=1S/C22H20F4N6O/c1-3-6-32(11-13-5-4-12(9-28-13)22(24,25)26)21(33)14-7-15-18(8-17(14)23)30-20(27)16-10-29-31(2)19(15)16/h4-5,7-10H,3,6,11H2,1-2H3,(H2,27,30). The SMILES string of the molecule is CCCN(Cc1ccc(C(F)(F)F)cn1)C(=O)c1cc2c(cc1F)nc(N)c1cnn(C)c12. The number of aryl methyl sites for hydroxylation is 1. The number of alkyl halides is 3. The number of aromatic nitrogens is 4. The lowest BCUT2D eigenvalue weighted by molar-refractivity contribution is -0.137. The molecule has 7 nitrogen and oxygen atoms in total. The second-order valence-corrected chi connectivity index (χ2v) is 7.64. The van der Waals surface area contributed by atoms with E-state index in [0.717, 1.165) is 18.3 Å². The van der Waals surface area contributed by atoms with Crippen molar-refractivity contribution >= 4 is 33.5 Å². The number of amides is 1. The van der Waals surface area contributed by atoms with Gasteiger partial charge in [0, 0.05) is 31.2 Å². The summed E-state index contributed by atoms with van der Waals surface area (Å²) in [6.07, 6.45) is -1.68. The van der Waals surface area contributed by atoms with E-state index < -0.39 is 23.5 Å². The van der Waals surface area contributed by atoms with Crippen LogP contribution < -0.4 is 5.73 Å². The Hall–Kier alpha value is -3.76. The van der Waals surface area contributed by atoms with E-state index in [1.807, 2.05) is 6.92 Å². The number of halogens is 4. The molecule has 2 N–H and O–H groups in total. The fraction of sp³-hybridized carbons (Fsp3) is 0.273. The minimum atomic E-state index is -4.51. The lowest BCUT2D eigenvalue weighted by atomic mass is 10.1. The van der Waals surface area contributed by atoms with E-state index in [0.29, 0.717) is 22.7 Å². The number of hydrogen-bond donors (Lipinski definition) is 1. The predicted molar refractivity (Wildman–Crippen MR) is 115 cm³/mol. The first-order valence-electron chi connectivity index (χ1n) is 10.1. The summed E-state index contributed by atoms with van der Waals surface area (Å²) in [4.78, 5) is 22.7. The van der Waals surface area contributed by atoms with Crippen LogP contribution in [0.4, 0.5) is 23.4 Å². The summed E-state index contributed by atoms with van der Waals surface area (Å²) >= 11 is 0. The van der Waals surface area contributed by atoms with E-state index in [1.165, 1.54) is 17.0 Å². The highest BCUT2D eigenvalue weighted by atomic mass is 19.4. The van der Waals surface area contributed by atoms with Crippen LogP contribution in [0.3, 0.4) is 0 Å². The van der Waals surface area contributed by atoms with Gasteiger partial charge in [0.25, 0.3) is 5.91 Å². The fourth-order valence-electron chi connectivity index (χ4n) is 3.72. The van der Waals surface area contributed by atoms with Crippen molar-refractivity contribution in [2.45, 2.75) is 26.1 Å². The minimum Gasteiger partial charge on any atom is -0.383 e. The normalized spacial score (nSPS) is 11.9. The Morgan fingerprint density at radius 3 is 2.58 bits per heavy atom. The fourth-order valence-corrected chi connectivity index (χ4v) is 3.72. The summed E-state index contributed by atoms with van der Waals surface area (Å²) in [6, 6.07) is 4.67. The van der Waals surface area contributed by atoms with Gasteiger partial charge in [0.15, 0.2) is 0 Å². The van der Waals surface area contributed by atoms with Crippen molar-refractivity contribution in [1.82, 2.24) is 24.6 Å². The van der Waals surface area contributed by atoms with Gasteiger partial charge in [-0.15, -0.1) is 0 Å². The average Bonchev–Trinajstić information content (AvgIpc) is 3.15. The number of nitrogens with zero attached hydrogens (tertiary/aromatic N) is 5. The number of rotatable bonds is 5. The zero-order chi connectivity index (χ0) is 23.9. The largest absolute Gasteiger partial charge is 0.417 e. The van der Waals surface area contributed by atoms with Gasteiger partial charge in [0.05, 0.1) is 46.0 Å². The number of hydrogen-bond acceptors (Lipinski definition) is 5. The topological polar surface area (TPSA) is 89.9 Å². The van der Waals surface area contributed by atoms with Gasteiger partial charge in [-0.2, -0.15) is 18.3 Å². The number of benzene rings is 1. The molecule has 172 valence electrons. The molecule has 0 fully saturated rings. The van der Waals surface area contributed by atoms with Crippen LogP contribution in [0.2, 0.25) is 0 Å². The van der Waals surface area contributed by atoms with Crippen LogP contribution in [0.1, 0.15) is 35.0 Å². The van der Waals surface area contributed by atoms with E-state index in [2.05, 4.69) is 15.1 Å². The van der Waals surface area contributed by atoms with Crippen LogP contribution >= 0.6 is 0 Å². The molecule has 3 heterocycles. The Kier molecular flexibility index (Phi) is 5.64. The monoisotopic (exact) mass is 460 g/mol. The van der Waals surface area contributed by atoms with Gasteiger partial charge in [-0.3, -0.25) is 14.5 Å². The van der Waals surface area contributed by atoms with Crippen molar-refractivity contribution < 1.29 is 22.4 Å².